The van der Waals surface area contributed by atoms with Crippen molar-refractivity contribution in [3.05, 3.63) is 41.5 Å². The number of anilines is 1. The SMILES string of the molecule is CCCc1nc(C)c2n1NN(c1ccccc1OCC)CC2=O. The van der Waals surface area contributed by atoms with Gasteiger partial charge in [-0.1, -0.05) is 19.1 Å². The van der Waals surface area contributed by atoms with Crippen LogP contribution in [0.3, 0.4) is 0 Å². The Kier molecular flexibility index (Phi) is 4.23. The first-order chi connectivity index (χ1) is 11.2. The molecule has 0 amide bonds. The number of hydrogen-bond acceptors (Lipinski definition) is 5. The van der Waals surface area contributed by atoms with Gasteiger partial charge in [-0.15, -0.1) is 0 Å². The summed E-state index contributed by atoms with van der Waals surface area (Å²) >= 11 is 0. The number of benzene rings is 1. The number of hydrogen-bond donors (Lipinski definition) is 1. The van der Waals surface area contributed by atoms with Crippen LogP contribution in [0.4, 0.5) is 5.69 Å². The van der Waals surface area contributed by atoms with Crippen molar-refractivity contribution in [2.24, 2.45) is 0 Å². The van der Waals surface area contributed by atoms with Gasteiger partial charge in [0.2, 0.25) is 5.78 Å². The zero-order valence-electron chi connectivity index (χ0n) is 13.8. The topological polar surface area (TPSA) is 59.4 Å². The first-order valence-electron chi connectivity index (χ1n) is 8.03. The second-order valence-corrected chi connectivity index (χ2v) is 5.56. The van der Waals surface area contributed by atoms with Gasteiger partial charge in [-0.05, 0) is 32.4 Å². The quantitative estimate of drug-likeness (QED) is 0.919. The number of ether oxygens (including phenoxy) is 1. The summed E-state index contributed by atoms with van der Waals surface area (Å²) in [5.41, 5.74) is 5.59. The smallest absolute Gasteiger partial charge is 0.204 e. The lowest BCUT2D eigenvalue weighted by Gasteiger charge is -2.32. The molecule has 0 radical (unpaired) electrons. The van der Waals surface area contributed by atoms with Gasteiger partial charge in [-0.2, -0.15) is 0 Å². The Bertz CT molecular complexity index is 723. The summed E-state index contributed by atoms with van der Waals surface area (Å²) in [7, 11) is 0. The minimum atomic E-state index is 0.0578. The number of nitrogens with one attached hydrogen (secondary N) is 1. The maximum absolute atomic E-state index is 12.6. The van der Waals surface area contributed by atoms with Gasteiger partial charge in [0.15, 0.2) is 0 Å². The van der Waals surface area contributed by atoms with Crippen LogP contribution >= 0.6 is 0 Å². The highest BCUT2D eigenvalue weighted by Gasteiger charge is 2.29. The maximum Gasteiger partial charge on any atom is 0.204 e. The molecule has 2 heterocycles. The van der Waals surface area contributed by atoms with Crippen molar-refractivity contribution >= 4 is 11.5 Å². The number of imidazole rings is 1. The lowest BCUT2D eigenvalue weighted by molar-refractivity contribution is 0.0982. The molecule has 6 nitrogen and oxygen atoms in total. The number of nitrogens with zero attached hydrogens (tertiary/aromatic N) is 3. The fourth-order valence-electron chi connectivity index (χ4n) is 2.88. The van der Waals surface area contributed by atoms with Crippen LogP contribution < -0.4 is 15.3 Å². The zero-order chi connectivity index (χ0) is 16.4. The second kappa shape index (κ2) is 6.32. The number of carbonyl (C=O) groups excluding carboxylic acids is 1. The van der Waals surface area contributed by atoms with E-state index in [1.54, 1.807) is 0 Å². The molecule has 0 spiro atoms. The number of para-hydroxylation sites is 2. The van der Waals surface area contributed by atoms with Crippen molar-refractivity contribution in [3.63, 3.8) is 0 Å². The predicted octanol–water partition coefficient (Wildman–Crippen LogP) is 2.70. The molecule has 0 saturated carbocycles. The van der Waals surface area contributed by atoms with Crippen LogP contribution in [0.1, 0.15) is 42.3 Å². The molecule has 3 rings (SSSR count). The molecular weight excluding hydrogens is 292 g/mol. The van der Waals surface area contributed by atoms with Crippen LogP contribution in [0.5, 0.6) is 5.75 Å². The first kappa shape index (κ1) is 15.4. The molecule has 6 heteroatoms. The number of aromatic nitrogens is 2. The lowest BCUT2D eigenvalue weighted by atomic mass is 10.2. The highest BCUT2D eigenvalue weighted by molar-refractivity contribution is 6.00. The standard InChI is InChI=1S/C17H22N4O2/c1-4-8-16-18-12(3)17-14(22)11-20(19-21(16)17)13-9-6-7-10-15(13)23-5-2/h6-7,9-10,19H,4-5,8,11H2,1-3H3. The number of aryl methyl sites for hydroxylation is 2. The van der Waals surface area contributed by atoms with E-state index in [0.29, 0.717) is 12.3 Å². The number of hydrazine groups is 1. The monoisotopic (exact) mass is 314 g/mol. The number of Topliss-reactive ketones (excluding diaryl/α,β-unsaturated/α-hetero) is 1. The van der Waals surface area contributed by atoms with E-state index in [1.165, 1.54) is 0 Å². The average Bonchev–Trinajstić information content (AvgIpc) is 2.85. The summed E-state index contributed by atoms with van der Waals surface area (Å²) in [6, 6.07) is 7.72. The van der Waals surface area contributed by atoms with Crippen LogP contribution in [-0.4, -0.2) is 28.6 Å². The van der Waals surface area contributed by atoms with Crippen molar-refractivity contribution in [3.8, 4) is 5.75 Å². The molecule has 0 unspecified atom stereocenters. The normalized spacial score (nSPS) is 13.7. The van der Waals surface area contributed by atoms with Crippen LogP contribution in [0.15, 0.2) is 24.3 Å². The highest BCUT2D eigenvalue weighted by Crippen LogP contribution is 2.29. The van der Waals surface area contributed by atoms with E-state index >= 15 is 0 Å². The average molecular weight is 314 g/mol. The fraction of sp³-hybridized carbons (Fsp3) is 0.412. The molecule has 2 aromatic rings. The van der Waals surface area contributed by atoms with Crippen molar-refractivity contribution < 1.29 is 9.53 Å². The fourth-order valence-corrected chi connectivity index (χ4v) is 2.88. The van der Waals surface area contributed by atoms with Crippen molar-refractivity contribution in [1.29, 1.82) is 0 Å². The summed E-state index contributed by atoms with van der Waals surface area (Å²) in [6.45, 7) is 6.76. The van der Waals surface area contributed by atoms with E-state index in [4.69, 9.17) is 4.74 Å². The summed E-state index contributed by atoms with van der Waals surface area (Å²) in [5.74, 6) is 1.70. The highest BCUT2D eigenvalue weighted by atomic mass is 16.5. The summed E-state index contributed by atoms with van der Waals surface area (Å²) < 4.78 is 7.49. The molecule has 0 atom stereocenters. The maximum atomic E-state index is 12.6. The molecule has 0 aliphatic carbocycles. The van der Waals surface area contributed by atoms with E-state index < -0.39 is 0 Å². The summed E-state index contributed by atoms with van der Waals surface area (Å²) in [5, 5.41) is 1.82. The van der Waals surface area contributed by atoms with Gasteiger partial charge in [0, 0.05) is 6.42 Å². The second-order valence-electron chi connectivity index (χ2n) is 5.56. The third kappa shape index (κ3) is 2.76. The molecule has 1 N–H and O–H groups in total. The van der Waals surface area contributed by atoms with E-state index in [9.17, 15) is 4.79 Å². The summed E-state index contributed by atoms with van der Waals surface area (Å²) in [6.07, 6.45) is 1.80. The minimum Gasteiger partial charge on any atom is -0.492 e. The van der Waals surface area contributed by atoms with Gasteiger partial charge in [0.1, 0.15) is 29.5 Å². The number of ketones is 1. The van der Waals surface area contributed by atoms with Crippen LogP contribution in [0.2, 0.25) is 0 Å². The van der Waals surface area contributed by atoms with Crippen molar-refractivity contribution in [1.82, 2.24) is 9.66 Å². The predicted molar refractivity (Wildman–Crippen MR) is 89.6 cm³/mol. The third-order valence-electron chi connectivity index (χ3n) is 3.84. The molecule has 0 fully saturated rings. The van der Waals surface area contributed by atoms with Gasteiger partial charge in [0.25, 0.3) is 0 Å². The van der Waals surface area contributed by atoms with Crippen LogP contribution in [0, 0.1) is 6.92 Å². The molecule has 1 aromatic carbocycles. The largest absolute Gasteiger partial charge is 0.492 e. The Morgan fingerprint density at radius 3 is 2.83 bits per heavy atom. The molecule has 1 aliphatic rings. The zero-order valence-corrected chi connectivity index (χ0v) is 13.8. The minimum absolute atomic E-state index is 0.0578. The van der Waals surface area contributed by atoms with E-state index in [-0.39, 0.29) is 12.3 Å². The molecule has 1 aliphatic heterocycles. The number of fused-ring (bicyclic) bond motifs is 1. The molecule has 0 saturated heterocycles. The van der Waals surface area contributed by atoms with Gasteiger partial charge >= 0.3 is 0 Å². The van der Waals surface area contributed by atoms with E-state index in [1.807, 2.05) is 47.8 Å². The Morgan fingerprint density at radius 2 is 2.09 bits per heavy atom. The third-order valence-corrected chi connectivity index (χ3v) is 3.84. The Hall–Kier alpha value is -2.50. The van der Waals surface area contributed by atoms with Gasteiger partial charge in [-0.3, -0.25) is 9.80 Å². The van der Waals surface area contributed by atoms with E-state index in [2.05, 4.69) is 17.4 Å². The molecular formula is C17H22N4O2. The van der Waals surface area contributed by atoms with E-state index in [0.717, 1.165) is 35.8 Å². The van der Waals surface area contributed by atoms with Gasteiger partial charge in [-0.25, -0.2) is 15.2 Å². The number of carbonyl (C=O) groups is 1. The van der Waals surface area contributed by atoms with Gasteiger partial charge < -0.3 is 4.74 Å². The Morgan fingerprint density at radius 1 is 1.30 bits per heavy atom. The Balaban J connectivity index is 1.99. The molecule has 23 heavy (non-hydrogen) atoms. The molecule has 1 aromatic heterocycles. The Labute approximate surface area is 136 Å². The lowest BCUT2D eigenvalue weighted by Crippen LogP contribution is -2.47. The molecule has 122 valence electrons. The van der Waals surface area contributed by atoms with Crippen molar-refractivity contribution in [2.75, 3.05) is 23.7 Å². The number of rotatable bonds is 5. The summed E-state index contributed by atoms with van der Waals surface area (Å²) in [4.78, 5) is 17.1. The molecule has 0 bridgehead atoms. The first-order valence-corrected chi connectivity index (χ1v) is 8.03. The van der Waals surface area contributed by atoms with Crippen LogP contribution in [0.25, 0.3) is 0 Å². The van der Waals surface area contributed by atoms with Crippen LogP contribution in [-0.2, 0) is 6.42 Å². The van der Waals surface area contributed by atoms with Crippen molar-refractivity contribution in [2.45, 2.75) is 33.6 Å². The van der Waals surface area contributed by atoms with Gasteiger partial charge in [0.05, 0.1) is 12.3 Å².